The van der Waals surface area contributed by atoms with E-state index in [-0.39, 0.29) is 0 Å². The number of methoxy groups -OCH3 is 1. The van der Waals surface area contributed by atoms with Gasteiger partial charge in [0, 0.05) is 19.1 Å². The van der Waals surface area contributed by atoms with E-state index in [0.717, 1.165) is 6.61 Å². The average molecular weight is 221 g/mol. The Morgan fingerprint density at radius 2 is 1.81 bits per heavy atom. The predicted octanol–water partition coefficient (Wildman–Crippen LogP) is 2.66. The Hall–Kier alpha value is -0.860. The normalized spacial score (nSPS) is 15.1. The van der Waals surface area contributed by atoms with Gasteiger partial charge in [-0.15, -0.1) is 0 Å². The van der Waals surface area contributed by atoms with Gasteiger partial charge in [0.1, 0.15) is 0 Å². The van der Waals surface area contributed by atoms with Crippen LogP contribution in [0.1, 0.15) is 25.3 Å². The lowest BCUT2D eigenvalue weighted by atomic mass is 9.85. The summed E-state index contributed by atoms with van der Waals surface area (Å²) in [7, 11) is 3.79. The van der Waals surface area contributed by atoms with Crippen LogP contribution in [-0.4, -0.2) is 26.8 Å². The maximum absolute atomic E-state index is 5.35. The molecule has 0 radical (unpaired) electrons. The second-order valence-corrected chi connectivity index (χ2v) is 4.53. The second kappa shape index (κ2) is 6.66. The van der Waals surface area contributed by atoms with E-state index >= 15 is 0 Å². The van der Waals surface area contributed by atoms with Crippen molar-refractivity contribution in [3.8, 4) is 0 Å². The molecule has 0 saturated carbocycles. The molecule has 0 aliphatic rings. The maximum Gasteiger partial charge on any atom is 0.0546 e. The SMILES string of the molecule is CNC(C(C)C)C(COC)c1ccccc1. The summed E-state index contributed by atoms with van der Waals surface area (Å²) in [6, 6.07) is 11.0. The molecule has 1 aromatic carbocycles. The van der Waals surface area contributed by atoms with Crippen LogP contribution in [0.3, 0.4) is 0 Å². The molecule has 1 rings (SSSR count). The van der Waals surface area contributed by atoms with Crippen LogP contribution >= 0.6 is 0 Å². The number of rotatable bonds is 6. The average Bonchev–Trinajstić information content (AvgIpc) is 2.29. The summed E-state index contributed by atoms with van der Waals surface area (Å²) < 4.78 is 5.35. The van der Waals surface area contributed by atoms with Crippen molar-refractivity contribution in [1.29, 1.82) is 0 Å². The molecule has 16 heavy (non-hydrogen) atoms. The molecule has 0 spiro atoms. The third-order valence-electron chi connectivity index (χ3n) is 3.06. The highest BCUT2D eigenvalue weighted by Gasteiger charge is 2.24. The fourth-order valence-electron chi connectivity index (χ4n) is 2.29. The van der Waals surface area contributed by atoms with Crippen LogP contribution in [0.2, 0.25) is 0 Å². The summed E-state index contributed by atoms with van der Waals surface area (Å²) in [4.78, 5) is 0. The summed E-state index contributed by atoms with van der Waals surface area (Å²) in [5.74, 6) is 1.00. The Labute approximate surface area is 99.0 Å². The van der Waals surface area contributed by atoms with E-state index in [9.17, 15) is 0 Å². The Balaban J connectivity index is 2.89. The lowest BCUT2D eigenvalue weighted by Crippen LogP contribution is -2.38. The van der Waals surface area contributed by atoms with Crippen LogP contribution in [0.4, 0.5) is 0 Å². The fraction of sp³-hybridized carbons (Fsp3) is 0.571. The Kier molecular flexibility index (Phi) is 5.50. The number of ether oxygens (including phenoxy) is 1. The first-order valence-corrected chi connectivity index (χ1v) is 5.91. The Bertz CT molecular complexity index is 284. The van der Waals surface area contributed by atoms with Crippen molar-refractivity contribution in [3.05, 3.63) is 35.9 Å². The topological polar surface area (TPSA) is 21.3 Å². The molecule has 1 aromatic rings. The highest BCUT2D eigenvalue weighted by Crippen LogP contribution is 2.24. The van der Waals surface area contributed by atoms with E-state index in [1.807, 2.05) is 7.05 Å². The molecule has 0 aliphatic carbocycles. The second-order valence-electron chi connectivity index (χ2n) is 4.53. The van der Waals surface area contributed by atoms with Gasteiger partial charge in [0.15, 0.2) is 0 Å². The smallest absolute Gasteiger partial charge is 0.0546 e. The number of nitrogens with one attached hydrogen (secondary N) is 1. The van der Waals surface area contributed by atoms with Gasteiger partial charge in [-0.25, -0.2) is 0 Å². The van der Waals surface area contributed by atoms with Crippen LogP contribution in [0.15, 0.2) is 30.3 Å². The van der Waals surface area contributed by atoms with Crippen LogP contribution in [-0.2, 0) is 4.74 Å². The van der Waals surface area contributed by atoms with Gasteiger partial charge in [-0.1, -0.05) is 44.2 Å². The molecule has 2 unspecified atom stereocenters. The molecule has 0 aromatic heterocycles. The van der Waals surface area contributed by atoms with E-state index in [1.165, 1.54) is 5.56 Å². The molecule has 0 amide bonds. The number of hydrogen-bond donors (Lipinski definition) is 1. The third kappa shape index (κ3) is 3.32. The molecule has 90 valence electrons. The van der Waals surface area contributed by atoms with Crippen LogP contribution in [0, 0.1) is 5.92 Å². The first-order chi connectivity index (χ1) is 7.70. The Morgan fingerprint density at radius 1 is 1.19 bits per heavy atom. The molecular weight excluding hydrogens is 198 g/mol. The zero-order valence-corrected chi connectivity index (χ0v) is 10.7. The molecule has 0 heterocycles. The van der Waals surface area contributed by atoms with Crippen LogP contribution < -0.4 is 5.32 Å². The van der Waals surface area contributed by atoms with E-state index < -0.39 is 0 Å². The van der Waals surface area contributed by atoms with Crippen LogP contribution in [0.5, 0.6) is 0 Å². The molecule has 0 aliphatic heterocycles. The quantitative estimate of drug-likeness (QED) is 0.797. The van der Waals surface area contributed by atoms with Crippen molar-refractivity contribution in [2.45, 2.75) is 25.8 Å². The summed E-state index contributed by atoms with van der Waals surface area (Å²) in [6.45, 7) is 5.24. The van der Waals surface area contributed by atoms with E-state index in [2.05, 4.69) is 49.5 Å². The molecule has 0 fully saturated rings. The largest absolute Gasteiger partial charge is 0.384 e. The molecule has 2 nitrogen and oxygen atoms in total. The minimum absolute atomic E-state index is 0.413. The van der Waals surface area contributed by atoms with Gasteiger partial charge in [0.25, 0.3) is 0 Å². The lowest BCUT2D eigenvalue weighted by molar-refractivity contribution is 0.154. The van der Waals surface area contributed by atoms with Crippen molar-refractivity contribution in [2.24, 2.45) is 5.92 Å². The van der Waals surface area contributed by atoms with Crippen molar-refractivity contribution >= 4 is 0 Å². The molecule has 2 heteroatoms. The minimum atomic E-state index is 0.413. The third-order valence-corrected chi connectivity index (χ3v) is 3.06. The summed E-state index contributed by atoms with van der Waals surface area (Å²) in [5, 5.41) is 3.40. The fourth-order valence-corrected chi connectivity index (χ4v) is 2.29. The zero-order valence-electron chi connectivity index (χ0n) is 10.7. The standard InChI is InChI=1S/C14H23NO/c1-11(2)14(15-3)13(10-16-4)12-8-6-5-7-9-12/h5-9,11,13-15H,10H2,1-4H3. The van der Waals surface area contributed by atoms with E-state index in [1.54, 1.807) is 7.11 Å². The molecular formula is C14H23NO. The van der Waals surface area contributed by atoms with Crippen LogP contribution in [0.25, 0.3) is 0 Å². The van der Waals surface area contributed by atoms with Crippen molar-refractivity contribution in [1.82, 2.24) is 5.32 Å². The van der Waals surface area contributed by atoms with E-state index in [4.69, 9.17) is 4.74 Å². The summed E-state index contributed by atoms with van der Waals surface area (Å²) in [6.07, 6.45) is 0. The first kappa shape index (κ1) is 13.2. The predicted molar refractivity (Wildman–Crippen MR) is 68.7 cm³/mol. The number of hydrogen-bond acceptors (Lipinski definition) is 2. The van der Waals surface area contributed by atoms with Gasteiger partial charge in [0.2, 0.25) is 0 Å². The monoisotopic (exact) mass is 221 g/mol. The van der Waals surface area contributed by atoms with Crippen molar-refractivity contribution in [3.63, 3.8) is 0 Å². The minimum Gasteiger partial charge on any atom is -0.384 e. The molecule has 0 saturated heterocycles. The molecule has 1 N–H and O–H groups in total. The van der Waals surface area contributed by atoms with Crippen molar-refractivity contribution in [2.75, 3.05) is 20.8 Å². The highest BCUT2D eigenvalue weighted by atomic mass is 16.5. The highest BCUT2D eigenvalue weighted by molar-refractivity contribution is 5.21. The van der Waals surface area contributed by atoms with Gasteiger partial charge in [0.05, 0.1) is 6.61 Å². The first-order valence-electron chi connectivity index (χ1n) is 5.91. The summed E-state index contributed by atoms with van der Waals surface area (Å²) >= 11 is 0. The molecule has 2 atom stereocenters. The number of likely N-dealkylation sites (N-methyl/N-ethyl adjacent to an activating group) is 1. The Morgan fingerprint density at radius 3 is 2.25 bits per heavy atom. The zero-order chi connectivity index (χ0) is 12.0. The van der Waals surface area contributed by atoms with Crippen molar-refractivity contribution < 1.29 is 4.74 Å². The van der Waals surface area contributed by atoms with Gasteiger partial charge in [-0.3, -0.25) is 0 Å². The van der Waals surface area contributed by atoms with Gasteiger partial charge < -0.3 is 10.1 Å². The van der Waals surface area contributed by atoms with Gasteiger partial charge in [-0.05, 0) is 18.5 Å². The lowest BCUT2D eigenvalue weighted by Gasteiger charge is -2.30. The molecule has 0 bridgehead atoms. The number of benzene rings is 1. The summed E-state index contributed by atoms with van der Waals surface area (Å²) in [5.41, 5.74) is 1.34. The van der Waals surface area contributed by atoms with Gasteiger partial charge >= 0.3 is 0 Å². The maximum atomic E-state index is 5.35. The van der Waals surface area contributed by atoms with E-state index in [0.29, 0.717) is 17.9 Å². The van der Waals surface area contributed by atoms with Gasteiger partial charge in [-0.2, -0.15) is 0 Å².